The van der Waals surface area contributed by atoms with E-state index in [1.54, 1.807) is 5.57 Å². The minimum absolute atomic E-state index is 0.177. The zero-order valence-electron chi connectivity index (χ0n) is 35.3. The van der Waals surface area contributed by atoms with Crippen molar-refractivity contribution in [2.45, 2.75) is 200 Å². The van der Waals surface area contributed by atoms with E-state index in [1.807, 2.05) is 0 Å². The summed E-state index contributed by atoms with van der Waals surface area (Å²) in [5.74, 6) is 1.14. The summed E-state index contributed by atoms with van der Waals surface area (Å²) in [7, 11) is -5.46. The van der Waals surface area contributed by atoms with Gasteiger partial charge in [0.25, 0.3) is 0 Å². The molecule has 0 heterocycles. The molecule has 0 N–H and O–H groups in total. The molecule has 0 aromatic carbocycles. The van der Waals surface area contributed by atoms with Crippen molar-refractivity contribution in [3.8, 4) is 0 Å². The molecule has 3 fully saturated rings. The quantitative estimate of drug-likeness (QED) is 0.132. The maximum absolute atomic E-state index is 7.10. The zero-order valence-corrected chi connectivity index (χ0v) is 38.3. The third-order valence-electron chi connectivity index (χ3n) is 13.5. The standard InChI is InChI=1S/C42H80O4Si3/c1-18-42(19-2,46-47(11,12)13)31-43-30-32(3)37-24-25-38-34(21-20-26-41(37,38)10)23-22-33-27-35(44-48(14,15)39(4,5)6)29-36(28-33)45-49(16,17)40(7,8)9/h22-23,35-38H,3,18-21,24-31H2,1-2,4-17H3/b34-23+/t35-,36-,37-,38+,41-/m1/s1. The highest BCUT2D eigenvalue weighted by molar-refractivity contribution is 6.74. The molecule has 284 valence electrons. The fraction of sp³-hybridized carbons (Fsp3) is 0.857. The van der Waals surface area contributed by atoms with Crippen LogP contribution in [0.15, 0.2) is 35.5 Å². The molecule has 0 bridgehead atoms. The van der Waals surface area contributed by atoms with Gasteiger partial charge in [0.15, 0.2) is 25.0 Å². The van der Waals surface area contributed by atoms with E-state index in [1.165, 1.54) is 43.3 Å². The molecule has 0 radical (unpaired) electrons. The van der Waals surface area contributed by atoms with Crippen molar-refractivity contribution in [3.63, 3.8) is 0 Å². The van der Waals surface area contributed by atoms with Crippen LogP contribution in [0.4, 0.5) is 0 Å². The molecule has 4 nitrogen and oxygen atoms in total. The van der Waals surface area contributed by atoms with Crippen LogP contribution in [0, 0.1) is 17.3 Å². The Labute approximate surface area is 308 Å². The van der Waals surface area contributed by atoms with Crippen molar-refractivity contribution < 1.29 is 18.0 Å². The van der Waals surface area contributed by atoms with Gasteiger partial charge in [-0.25, -0.2) is 0 Å². The van der Waals surface area contributed by atoms with Gasteiger partial charge in [-0.1, -0.05) is 92.2 Å². The molecule has 0 amide bonds. The van der Waals surface area contributed by atoms with Gasteiger partial charge >= 0.3 is 0 Å². The number of hydrogen-bond acceptors (Lipinski definition) is 4. The van der Waals surface area contributed by atoms with Crippen LogP contribution in [0.25, 0.3) is 0 Å². The lowest BCUT2D eigenvalue weighted by Crippen LogP contribution is -2.48. The Hall–Kier alpha value is -0.289. The van der Waals surface area contributed by atoms with E-state index < -0.39 is 25.0 Å². The normalized spacial score (nSPS) is 28.6. The zero-order chi connectivity index (χ0) is 37.3. The number of hydrogen-bond donors (Lipinski definition) is 0. The van der Waals surface area contributed by atoms with Gasteiger partial charge in [0.05, 0.1) is 31.0 Å². The number of ether oxygens (including phenoxy) is 1. The van der Waals surface area contributed by atoms with E-state index in [2.05, 4.69) is 127 Å². The summed E-state index contributed by atoms with van der Waals surface area (Å²) < 4.78 is 27.3. The molecule has 3 rings (SSSR count). The third kappa shape index (κ3) is 10.9. The topological polar surface area (TPSA) is 36.9 Å². The largest absolute Gasteiger partial charge is 0.414 e. The summed E-state index contributed by atoms with van der Waals surface area (Å²) in [6, 6.07) is 0. The predicted octanol–water partition coefficient (Wildman–Crippen LogP) is 13.0. The average Bonchev–Trinajstić information content (AvgIpc) is 3.30. The highest BCUT2D eigenvalue weighted by Crippen LogP contribution is 2.59. The van der Waals surface area contributed by atoms with E-state index in [-0.39, 0.29) is 33.3 Å². The van der Waals surface area contributed by atoms with Crippen LogP contribution in [-0.2, 0) is 18.0 Å². The minimum atomic E-state index is -1.89. The van der Waals surface area contributed by atoms with Gasteiger partial charge in [0.2, 0.25) is 0 Å². The van der Waals surface area contributed by atoms with Crippen molar-refractivity contribution in [2.24, 2.45) is 17.3 Å². The Kier molecular flexibility index (Phi) is 14.1. The molecular formula is C42H80O4Si3. The Morgan fingerprint density at radius 1 is 0.837 bits per heavy atom. The first-order chi connectivity index (χ1) is 22.3. The van der Waals surface area contributed by atoms with Crippen molar-refractivity contribution in [2.75, 3.05) is 13.2 Å². The smallest absolute Gasteiger partial charge is 0.192 e. The molecule has 0 aliphatic heterocycles. The van der Waals surface area contributed by atoms with Crippen LogP contribution in [-0.4, -0.2) is 56.0 Å². The second-order valence-corrected chi connectivity index (χ2v) is 34.4. The summed E-state index contributed by atoms with van der Waals surface area (Å²) in [4.78, 5) is 0. The van der Waals surface area contributed by atoms with Crippen molar-refractivity contribution in [3.05, 3.63) is 35.5 Å². The Balaban J connectivity index is 1.78. The van der Waals surface area contributed by atoms with Gasteiger partial charge in [0, 0.05) is 0 Å². The molecular weight excluding hydrogens is 653 g/mol. The average molecular weight is 733 g/mol. The SMILES string of the molecule is C=C(COCC(CC)(CC)O[Si](C)(C)C)[C@H]1CC[C@H]2/C(=C/C=C3C[C@@H](O[Si](C)(C)C(C)(C)C)C[C@H](O[Si](C)(C)C(C)(C)C)C3)CCC[C@]12C. The van der Waals surface area contributed by atoms with Crippen molar-refractivity contribution in [1.29, 1.82) is 0 Å². The van der Waals surface area contributed by atoms with Crippen LogP contribution in [0.5, 0.6) is 0 Å². The Morgan fingerprint density at radius 3 is 1.84 bits per heavy atom. The first-order valence-electron chi connectivity index (χ1n) is 20.0. The summed E-state index contributed by atoms with van der Waals surface area (Å²) in [6.07, 6.45) is 16.8. The molecule has 5 atom stereocenters. The second-order valence-electron chi connectivity index (χ2n) is 20.5. The van der Waals surface area contributed by atoms with Crippen LogP contribution in [0.2, 0.25) is 55.9 Å². The van der Waals surface area contributed by atoms with Crippen LogP contribution in [0.3, 0.4) is 0 Å². The summed E-state index contributed by atoms with van der Waals surface area (Å²) in [6.45, 7) is 43.6. The maximum Gasteiger partial charge on any atom is 0.192 e. The molecule has 49 heavy (non-hydrogen) atoms. The number of allylic oxidation sites excluding steroid dienone is 3. The lowest BCUT2D eigenvalue weighted by atomic mass is 9.62. The molecule has 3 aliphatic rings. The second kappa shape index (κ2) is 16.0. The Bertz CT molecular complexity index is 1140. The third-order valence-corrected chi connectivity index (χ3v) is 23.6. The number of rotatable bonds is 14. The van der Waals surface area contributed by atoms with Crippen LogP contribution < -0.4 is 0 Å². The van der Waals surface area contributed by atoms with Gasteiger partial charge in [-0.2, -0.15) is 0 Å². The summed E-state index contributed by atoms with van der Waals surface area (Å²) in [5.41, 5.74) is 4.55. The molecule has 0 saturated heterocycles. The van der Waals surface area contributed by atoms with E-state index in [0.717, 1.165) is 32.1 Å². The van der Waals surface area contributed by atoms with Crippen LogP contribution >= 0.6 is 0 Å². The van der Waals surface area contributed by atoms with Gasteiger partial charge in [-0.05, 0) is 143 Å². The van der Waals surface area contributed by atoms with E-state index in [0.29, 0.717) is 25.0 Å². The monoisotopic (exact) mass is 733 g/mol. The predicted molar refractivity (Wildman–Crippen MR) is 220 cm³/mol. The molecule has 0 aromatic heterocycles. The minimum Gasteiger partial charge on any atom is -0.414 e. The fourth-order valence-corrected chi connectivity index (χ4v) is 12.9. The molecule has 3 saturated carbocycles. The first-order valence-corrected chi connectivity index (χ1v) is 29.2. The van der Waals surface area contributed by atoms with Gasteiger partial charge in [-0.15, -0.1) is 0 Å². The number of fused-ring (bicyclic) bond motifs is 1. The fourth-order valence-electron chi connectivity index (χ4n) is 8.51. The maximum atomic E-state index is 7.10. The molecule has 0 unspecified atom stereocenters. The molecule has 7 heteroatoms. The lowest BCUT2D eigenvalue weighted by Gasteiger charge is -2.45. The van der Waals surface area contributed by atoms with Gasteiger partial charge in [-0.3, -0.25) is 0 Å². The summed E-state index contributed by atoms with van der Waals surface area (Å²) in [5, 5.41) is 0.396. The van der Waals surface area contributed by atoms with Crippen molar-refractivity contribution in [1.82, 2.24) is 0 Å². The van der Waals surface area contributed by atoms with E-state index >= 15 is 0 Å². The van der Waals surface area contributed by atoms with Crippen molar-refractivity contribution >= 4 is 25.0 Å². The van der Waals surface area contributed by atoms with E-state index in [9.17, 15) is 0 Å². The lowest BCUT2D eigenvalue weighted by molar-refractivity contribution is -0.0345. The summed E-state index contributed by atoms with van der Waals surface area (Å²) >= 11 is 0. The van der Waals surface area contributed by atoms with Crippen LogP contribution in [0.1, 0.15) is 127 Å². The van der Waals surface area contributed by atoms with Gasteiger partial charge in [0.1, 0.15) is 0 Å². The highest BCUT2D eigenvalue weighted by atomic mass is 28.4. The highest BCUT2D eigenvalue weighted by Gasteiger charge is 2.50. The molecule has 0 aromatic rings. The van der Waals surface area contributed by atoms with Gasteiger partial charge < -0.3 is 18.0 Å². The first kappa shape index (κ1) is 43.1. The molecule has 0 spiro atoms. The van der Waals surface area contributed by atoms with E-state index in [4.69, 9.17) is 18.0 Å². The Morgan fingerprint density at radius 2 is 1.37 bits per heavy atom. The molecule has 3 aliphatic carbocycles.